The summed E-state index contributed by atoms with van der Waals surface area (Å²) < 4.78 is 4.67. The van der Waals surface area contributed by atoms with Crippen molar-refractivity contribution in [3.8, 4) is 0 Å². The summed E-state index contributed by atoms with van der Waals surface area (Å²) in [6, 6.07) is 5.80. The number of ether oxygens (including phenoxy) is 1. The molecule has 0 radical (unpaired) electrons. The molecule has 0 unspecified atom stereocenters. The van der Waals surface area contributed by atoms with E-state index in [0.717, 1.165) is 0 Å². The number of nitrogens with one attached hydrogen (secondary N) is 2. The van der Waals surface area contributed by atoms with Crippen LogP contribution in [0.25, 0.3) is 0 Å². The lowest BCUT2D eigenvalue weighted by molar-refractivity contribution is -0.145. The Bertz CT molecular complexity index is 575. The van der Waals surface area contributed by atoms with Gasteiger partial charge in [0.05, 0.1) is 24.2 Å². The minimum absolute atomic E-state index is 0.206. The number of hydrogen-bond acceptors (Lipinski definition) is 4. The van der Waals surface area contributed by atoms with E-state index >= 15 is 0 Å². The molecule has 23 heavy (non-hydrogen) atoms. The van der Waals surface area contributed by atoms with Gasteiger partial charge in [0.15, 0.2) is 0 Å². The fourth-order valence-electron chi connectivity index (χ4n) is 1.97. The number of halogens is 1. The third-order valence-corrected chi connectivity index (χ3v) is 3.39. The first-order chi connectivity index (χ1) is 10.8. The molecule has 7 heteroatoms. The second kappa shape index (κ2) is 9.15. The summed E-state index contributed by atoms with van der Waals surface area (Å²) in [6.07, 6.45) is 0.455. The van der Waals surface area contributed by atoms with E-state index in [1.54, 1.807) is 24.3 Å². The largest absolute Gasteiger partial charge is 0.467 e. The molecule has 1 atom stereocenters. The fraction of sp³-hybridized carbons (Fsp3) is 0.438. The van der Waals surface area contributed by atoms with Gasteiger partial charge in [0.25, 0.3) is 5.91 Å². The standard InChI is InChI=1S/C16H21ClN2O4/c1-10(2)8-13(16(22)23-3)19-14(20)9-18-15(21)11-6-4-5-7-12(11)17/h4-7,10,13H,8-9H2,1-3H3,(H,18,21)(H,19,20)/t13-/m0/s1. The average molecular weight is 341 g/mol. The van der Waals surface area contributed by atoms with Crippen LogP contribution in [0.1, 0.15) is 30.6 Å². The molecule has 0 aromatic heterocycles. The van der Waals surface area contributed by atoms with Crippen LogP contribution in [0.3, 0.4) is 0 Å². The summed E-state index contributed by atoms with van der Waals surface area (Å²) >= 11 is 5.91. The van der Waals surface area contributed by atoms with Crippen LogP contribution in [0.4, 0.5) is 0 Å². The molecule has 1 aromatic carbocycles. The van der Waals surface area contributed by atoms with Gasteiger partial charge in [-0.3, -0.25) is 9.59 Å². The second-order valence-corrected chi connectivity index (χ2v) is 5.84. The van der Waals surface area contributed by atoms with Crippen LogP contribution in [0, 0.1) is 5.92 Å². The maximum Gasteiger partial charge on any atom is 0.328 e. The lowest BCUT2D eigenvalue weighted by Gasteiger charge is -2.18. The average Bonchev–Trinajstić information content (AvgIpc) is 2.51. The van der Waals surface area contributed by atoms with E-state index in [0.29, 0.717) is 11.4 Å². The zero-order valence-electron chi connectivity index (χ0n) is 13.4. The van der Waals surface area contributed by atoms with Crippen molar-refractivity contribution in [1.82, 2.24) is 10.6 Å². The fourth-order valence-corrected chi connectivity index (χ4v) is 2.20. The van der Waals surface area contributed by atoms with Crippen molar-refractivity contribution < 1.29 is 19.1 Å². The summed E-state index contributed by atoms with van der Waals surface area (Å²) in [4.78, 5) is 35.5. The molecule has 2 amide bonds. The summed E-state index contributed by atoms with van der Waals surface area (Å²) in [5.41, 5.74) is 0.286. The van der Waals surface area contributed by atoms with E-state index in [1.807, 2.05) is 13.8 Å². The highest BCUT2D eigenvalue weighted by Gasteiger charge is 2.22. The first-order valence-corrected chi connectivity index (χ1v) is 7.62. The van der Waals surface area contributed by atoms with E-state index in [-0.39, 0.29) is 18.0 Å². The molecule has 1 rings (SSSR count). The van der Waals surface area contributed by atoms with E-state index < -0.39 is 23.8 Å². The number of hydrogen-bond donors (Lipinski definition) is 2. The quantitative estimate of drug-likeness (QED) is 0.741. The summed E-state index contributed by atoms with van der Waals surface area (Å²) in [7, 11) is 1.26. The van der Waals surface area contributed by atoms with Crippen molar-refractivity contribution >= 4 is 29.4 Å². The first kappa shape index (κ1) is 19.0. The molecule has 0 saturated heterocycles. The topological polar surface area (TPSA) is 84.5 Å². The maximum absolute atomic E-state index is 12.0. The molecule has 0 saturated carbocycles. The van der Waals surface area contributed by atoms with Gasteiger partial charge in [-0.25, -0.2) is 4.79 Å². The zero-order chi connectivity index (χ0) is 17.4. The highest BCUT2D eigenvalue weighted by atomic mass is 35.5. The Morgan fingerprint density at radius 2 is 1.87 bits per heavy atom. The Morgan fingerprint density at radius 1 is 1.22 bits per heavy atom. The Morgan fingerprint density at radius 3 is 2.43 bits per heavy atom. The highest BCUT2D eigenvalue weighted by Crippen LogP contribution is 2.14. The maximum atomic E-state index is 12.0. The van der Waals surface area contributed by atoms with Gasteiger partial charge in [-0.05, 0) is 24.5 Å². The van der Waals surface area contributed by atoms with Gasteiger partial charge >= 0.3 is 5.97 Å². The lowest BCUT2D eigenvalue weighted by Crippen LogP contribution is -2.46. The Kier molecular flexibility index (Phi) is 7.54. The number of methoxy groups -OCH3 is 1. The number of esters is 1. The predicted molar refractivity (Wildman–Crippen MR) is 87.2 cm³/mol. The van der Waals surface area contributed by atoms with Gasteiger partial charge < -0.3 is 15.4 Å². The molecule has 0 bridgehead atoms. The van der Waals surface area contributed by atoms with Gasteiger partial charge in [-0.15, -0.1) is 0 Å². The normalized spacial score (nSPS) is 11.7. The Hall–Kier alpha value is -2.08. The lowest BCUT2D eigenvalue weighted by atomic mass is 10.0. The van der Waals surface area contributed by atoms with E-state index in [1.165, 1.54) is 7.11 Å². The molecule has 0 spiro atoms. The molecule has 0 aliphatic rings. The SMILES string of the molecule is COC(=O)[C@H](CC(C)C)NC(=O)CNC(=O)c1ccccc1Cl. The van der Waals surface area contributed by atoms with Crippen molar-refractivity contribution in [3.63, 3.8) is 0 Å². The van der Waals surface area contributed by atoms with Gasteiger partial charge in [0.2, 0.25) is 5.91 Å². The minimum atomic E-state index is -0.732. The molecule has 0 aliphatic heterocycles. The predicted octanol–water partition coefficient (Wildman–Crippen LogP) is 1.77. The van der Waals surface area contributed by atoms with Gasteiger partial charge in [0, 0.05) is 0 Å². The summed E-state index contributed by atoms with van der Waals surface area (Å²) in [5, 5.41) is 5.33. The number of rotatable bonds is 7. The van der Waals surface area contributed by atoms with Crippen LogP contribution in [0.2, 0.25) is 5.02 Å². The Balaban J connectivity index is 2.56. The van der Waals surface area contributed by atoms with E-state index in [2.05, 4.69) is 15.4 Å². The van der Waals surface area contributed by atoms with Crippen molar-refractivity contribution in [3.05, 3.63) is 34.9 Å². The third-order valence-electron chi connectivity index (χ3n) is 3.06. The van der Waals surface area contributed by atoms with Gasteiger partial charge in [-0.2, -0.15) is 0 Å². The van der Waals surface area contributed by atoms with Crippen LogP contribution in [-0.4, -0.2) is 37.5 Å². The van der Waals surface area contributed by atoms with Crippen molar-refractivity contribution in [2.24, 2.45) is 5.92 Å². The molecule has 0 heterocycles. The van der Waals surface area contributed by atoms with Crippen molar-refractivity contribution in [1.29, 1.82) is 0 Å². The molecule has 6 nitrogen and oxygen atoms in total. The molecule has 1 aromatic rings. The molecular formula is C16H21ClN2O4. The smallest absolute Gasteiger partial charge is 0.328 e. The highest BCUT2D eigenvalue weighted by molar-refractivity contribution is 6.33. The third kappa shape index (κ3) is 6.28. The second-order valence-electron chi connectivity index (χ2n) is 5.44. The van der Waals surface area contributed by atoms with Crippen molar-refractivity contribution in [2.75, 3.05) is 13.7 Å². The number of carbonyl (C=O) groups is 3. The summed E-state index contributed by atoms with van der Waals surface area (Å²) in [6.45, 7) is 3.61. The monoisotopic (exact) mass is 340 g/mol. The molecular weight excluding hydrogens is 320 g/mol. The van der Waals surface area contributed by atoms with Crippen LogP contribution in [-0.2, 0) is 14.3 Å². The van der Waals surface area contributed by atoms with Gasteiger partial charge in [-0.1, -0.05) is 37.6 Å². The van der Waals surface area contributed by atoms with Crippen LogP contribution in [0.5, 0.6) is 0 Å². The number of benzene rings is 1. The van der Waals surface area contributed by atoms with E-state index in [4.69, 9.17) is 11.6 Å². The molecule has 126 valence electrons. The molecule has 0 aliphatic carbocycles. The minimum Gasteiger partial charge on any atom is -0.467 e. The number of carbonyl (C=O) groups excluding carboxylic acids is 3. The van der Waals surface area contributed by atoms with Crippen LogP contribution in [0.15, 0.2) is 24.3 Å². The van der Waals surface area contributed by atoms with Crippen LogP contribution >= 0.6 is 11.6 Å². The molecule has 2 N–H and O–H groups in total. The zero-order valence-corrected chi connectivity index (χ0v) is 14.1. The van der Waals surface area contributed by atoms with E-state index in [9.17, 15) is 14.4 Å². The van der Waals surface area contributed by atoms with Gasteiger partial charge in [0.1, 0.15) is 6.04 Å². The number of amides is 2. The summed E-state index contributed by atoms with van der Waals surface area (Å²) in [5.74, 6) is -1.23. The Labute approximate surface area is 140 Å². The molecule has 0 fully saturated rings. The van der Waals surface area contributed by atoms with Crippen molar-refractivity contribution in [2.45, 2.75) is 26.3 Å². The first-order valence-electron chi connectivity index (χ1n) is 7.25. The van der Waals surface area contributed by atoms with Crippen LogP contribution < -0.4 is 10.6 Å².